The van der Waals surface area contributed by atoms with E-state index in [-0.39, 0.29) is 11.4 Å². The predicted octanol–water partition coefficient (Wildman–Crippen LogP) is 2.82. The molecule has 0 saturated carbocycles. The van der Waals surface area contributed by atoms with Crippen molar-refractivity contribution in [3.63, 3.8) is 0 Å². The predicted molar refractivity (Wildman–Crippen MR) is 59.1 cm³/mol. The molecule has 0 saturated heterocycles. The molecule has 0 aromatic heterocycles. The highest BCUT2D eigenvalue weighted by molar-refractivity contribution is 7.80. The Labute approximate surface area is 85.2 Å². The highest BCUT2D eigenvalue weighted by Crippen LogP contribution is 2.25. The summed E-state index contributed by atoms with van der Waals surface area (Å²) in [5.41, 5.74) is 1.18. The minimum atomic E-state index is -0.234. The van der Waals surface area contributed by atoms with Gasteiger partial charge in [-0.05, 0) is 18.4 Å². The summed E-state index contributed by atoms with van der Waals surface area (Å²) in [6.45, 7) is 1.98. The molecule has 1 nitrogen and oxygen atoms in total. The summed E-state index contributed by atoms with van der Waals surface area (Å²) in [4.78, 5) is 0. The normalized spacial score (nSPS) is 15.3. The molecule has 0 aliphatic heterocycles. The van der Waals surface area contributed by atoms with Crippen LogP contribution < -0.4 is 0 Å². The van der Waals surface area contributed by atoms with Gasteiger partial charge in [0, 0.05) is 5.25 Å². The number of aliphatic hydroxyl groups is 1. The van der Waals surface area contributed by atoms with Gasteiger partial charge >= 0.3 is 0 Å². The molecule has 0 radical (unpaired) electrons. The number of thiol groups is 1. The second-order valence-corrected chi connectivity index (χ2v) is 3.85. The number of rotatable bonds is 4. The third-order valence-corrected chi connectivity index (χ3v) is 2.66. The largest absolute Gasteiger partial charge is 0.393 e. The molecule has 2 atom stereocenters. The van der Waals surface area contributed by atoms with Crippen molar-refractivity contribution in [3.8, 4) is 0 Å². The van der Waals surface area contributed by atoms with Gasteiger partial charge in [0.05, 0.1) is 6.10 Å². The molecule has 1 N–H and O–H groups in total. The standard InChI is InChI=1S/C11H16OS/c1-2-10(12)8-11(13)9-6-4-3-5-7-9/h3-7,10-13H,2,8H2,1H3/t10-,11+/m0/s1. The minimum Gasteiger partial charge on any atom is -0.393 e. The van der Waals surface area contributed by atoms with Crippen LogP contribution in [0.2, 0.25) is 0 Å². The molecule has 1 rings (SSSR count). The first kappa shape index (κ1) is 10.6. The molecule has 1 aromatic carbocycles. The summed E-state index contributed by atoms with van der Waals surface area (Å²) >= 11 is 4.45. The Morgan fingerprint density at radius 1 is 1.31 bits per heavy atom. The van der Waals surface area contributed by atoms with Crippen molar-refractivity contribution < 1.29 is 5.11 Å². The van der Waals surface area contributed by atoms with Crippen LogP contribution in [0, 0.1) is 0 Å². The Hall–Kier alpha value is -0.470. The second kappa shape index (κ2) is 5.30. The van der Waals surface area contributed by atoms with Gasteiger partial charge < -0.3 is 5.11 Å². The number of hydrogen-bond donors (Lipinski definition) is 2. The van der Waals surface area contributed by atoms with E-state index >= 15 is 0 Å². The average molecular weight is 196 g/mol. The van der Waals surface area contributed by atoms with Crippen molar-refractivity contribution in [2.75, 3.05) is 0 Å². The maximum Gasteiger partial charge on any atom is 0.0551 e. The zero-order chi connectivity index (χ0) is 9.68. The zero-order valence-electron chi connectivity index (χ0n) is 7.85. The fourth-order valence-corrected chi connectivity index (χ4v) is 1.65. The lowest BCUT2D eigenvalue weighted by atomic mass is 10.1. The fraction of sp³-hybridized carbons (Fsp3) is 0.455. The van der Waals surface area contributed by atoms with Gasteiger partial charge in [0.15, 0.2) is 0 Å². The Balaban J connectivity index is 2.53. The van der Waals surface area contributed by atoms with Gasteiger partial charge in [-0.2, -0.15) is 12.6 Å². The van der Waals surface area contributed by atoms with Crippen molar-refractivity contribution >= 4 is 12.6 Å². The molecule has 13 heavy (non-hydrogen) atoms. The lowest BCUT2D eigenvalue weighted by Crippen LogP contribution is -2.07. The molecule has 0 unspecified atom stereocenters. The van der Waals surface area contributed by atoms with Crippen LogP contribution in [0.3, 0.4) is 0 Å². The van der Waals surface area contributed by atoms with E-state index in [0.717, 1.165) is 12.8 Å². The Bertz CT molecular complexity index is 235. The number of hydrogen-bond acceptors (Lipinski definition) is 2. The van der Waals surface area contributed by atoms with Crippen molar-refractivity contribution in [1.82, 2.24) is 0 Å². The molecular weight excluding hydrogens is 180 g/mol. The maximum absolute atomic E-state index is 9.44. The van der Waals surface area contributed by atoms with Gasteiger partial charge in [-0.25, -0.2) is 0 Å². The summed E-state index contributed by atoms with van der Waals surface area (Å²) in [7, 11) is 0. The lowest BCUT2D eigenvalue weighted by Gasteiger charge is -2.14. The topological polar surface area (TPSA) is 20.2 Å². The average Bonchev–Trinajstić information content (AvgIpc) is 2.19. The van der Waals surface area contributed by atoms with Gasteiger partial charge in [-0.3, -0.25) is 0 Å². The molecule has 2 heteroatoms. The Morgan fingerprint density at radius 2 is 1.92 bits per heavy atom. The molecule has 0 amide bonds. The molecule has 72 valence electrons. The van der Waals surface area contributed by atoms with Crippen molar-refractivity contribution in [1.29, 1.82) is 0 Å². The smallest absolute Gasteiger partial charge is 0.0551 e. The van der Waals surface area contributed by atoms with Crippen LogP contribution in [0.15, 0.2) is 30.3 Å². The van der Waals surface area contributed by atoms with Gasteiger partial charge in [-0.1, -0.05) is 37.3 Å². The summed E-state index contributed by atoms with van der Waals surface area (Å²) in [5, 5.41) is 9.59. The summed E-state index contributed by atoms with van der Waals surface area (Å²) in [6.07, 6.45) is 1.29. The summed E-state index contributed by atoms with van der Waals surface area (Å²) in [5.74, 6) is 0. The van der Waals surface area contributed by atoms with Crippen molar-refractivity contribution in [2.24, 2.45) is 0 Å². The quantitative estimate of drug-likeness (QED) is 0.710. The first-order valence-corrected chi connectivity index (χ1v) is 5.16. The zero-order valence-corrected chi connectivity index (χ0v) is 8.74. The second-order valence-electron chi connectivity index (χ2n) is 3.22. The Kier molecular flexibility index (Phi) is 4.33. The molecule has 0 aliphatic carbocycles. The van der Waals surface area contributed by atoms with Gasteiger partial charge in [-0.15, -0.1) is 0 Å². The van der Waals surface area contributed by atoms with Gasteiger partial charge in [0.1, 0.15) is 0 Å². The van der Waals surface area contributed by atoms with Crippen LogP contribution in [0.25, 0.3) is 0 Å². The molecular formula is C11H16OS. The highest BCUT2D eigenvalue weighted by Gasteiger charge is 2.10. The number of benzene rings is 1. The van der Waals surface area contributed by atoms with E-state index in [1.54, 1.807) is 0 Å². The van der Waals surface area contributed by atoms with Crippen LogP contribution in [0.1, 0.15) is 30.6 Å². The molecule has 0 bridgehead atoms. The van der Waals surface area contributed by atoms with E-state index < -0.39 is 0 Å². The summed E-state index contributed by atoms with van der Waals surface area (Å²) < 4.78 is 0. The van der Waals surface area contributed by atoms with E-state index in [1.807, 2.05) is 37.3 Å². The number of aliphatic hydroxyl groups excluding tert-OH is 1. The molecule has 0 spiro atoms. The third kappa shape index (κ3) is 3.41. The Morgan fingerprint density at radius 3 is 2.46 bits per heavy atom. The van der Waals surface area contributed by atoms with Crippen LogP contribution in [-0.4, -0.2) is 11.2 Å². The lowest BCUT2D eigenvalue weighted by molar-refractivity contribution is 0.160. The van der Waals surface area contributed by atoms with Gasteiger partial charge in [0.2, 0.25) is 0 Å². The molecule has 0 aliphatic rings. The maximum atomic E-state index is 9.44. The van der Waals surface area contributed by atoms with Crippen LogP contribution in [0.5, 0.6) is 0 Å². The SMILES string of the molecule is CC[C@H](O)C[C@@H](S)c1ccccc1. The minimum absolute atomic E-state index is 0.149. The van der Waals surface area contributed by atoms with Gasteiger partial charge in [0.25, 0.3) is 0 Å². The summed E-state index contributed by atoms with van der Waals surface area (Å²) in [6, 6.07) is 10.1. The van der Waals surface area contributed by atoms with Crippen LogP contribution in [0.4, 0.5) is 0 Å². The van der Waals surface area contributed by atoms with Crippen molar-refractivity contribution in [3.05, 3.63) is 35.9 Å². The fourth-order valence-electron chi connectivity index (χ4n) is 1.24. The van der Waals surface area contributed by atoms with E-state index in [2.05, 4.69) is 12.6 Å². The van der Waals surface area contributed by atoms with Crippen LogP contribution >= 0.6 is 12.6 Å². The van der Waals surface area contributed by atoms with E-state index in [0.29, 0.717) is 0 Å². The third-order valence-electron chi connectivity index (χ3n) is 2.15. The molecule has 1 aromatic rings. The van der Waals surface area contributed by atoms with E-state index in [1.165, 1.54) is 5.56 Å². The highest BCUT2D eigenvalue weighted by atomic mass is 32.1. The monoisotopic (exact) mass is 196 g/mol. The van der Waals surface area contributed by atoms with E-state index in [4.69, 9.17) is 0 Å². The first-order chi connectivity index (χ1) is 6.24. The molecule has 0 heterocycles. The van der Waals surface area contributed by atoms with E-state index in [9.17, 15) is 5.11 Å². The van der Waals surface area contributed by atoms with Crippen molar-refractivity contribution in [2.45, 2.75) is 31.1 Å². The van der Waals surface area contributed by atoms with Crippen LogP contribution in [-0.2, 0) is 0 Å². The molecule has 0 fully saturated rings. The first-order valence-electron chi connectivity index (χ1n) is 4.65.